The zero-order valence-electron chi connectivity index (χ0n) is 17.3. The predicted octanol–water partition coefficient (Wildman–Crippen LogP) is 5.67. The molecule has 158 valence electrons. The molecule has 0 aliphatic carbocycles. The van der Waals surface area contributed by atoms with E-state index in [0.29, 0.717) is 11.3 Å². The first-order valence-corrected chi connectivity index (χ1v) is 9.80. The number of benzene rings is 3. The van der Waals surface area contributed by atoms with Crippen LogP contribution >= 0.6 is 0 Å². The summed E-state index contributed by atoms with van der Waals surface area (Å²) in [5, 5.41) is 20.4. The quantitative estimate of drug-likeness (QED) is 0.204. The molecule has 2 atom stereocenters. The molecule has 0 aromatic heterocycles. The van der Waals surface area contributed by atoms with E-state index in [-0.39, 0.29) is 11.5 Å². The monoisotopic (exact) mass is 417 g/mol. The summed E-state index contributed by atoms with van der Waals surface area (Å²) in [6.45, 7) is 1.66. The fourth-order valence-corrected chi connectivity index (χ4v) is 3.30. The fourth-order valence-electron chi connectivity index (χ4n) is 3.30. The first kappa shape index (κ1) is 21.8. The van der Waals surface area contributed by atoms with Gasteiger partial charge in [-0.15, -0.1) is 0 Å². The third-order valence-corrected chi connectivity index (χ3v) is 4.96. The van der Waals surface area contributed by atoms with Crippen LogP contribution in [0.4, 0.5) is 5.69 Å². The topological polar surface area (TPSA) is 94.2 Å². The highest BCUT2D eigenvalue weighted by Gasteiger charge is 2.30. The molecule has 0 N–H and O–H groups in total. The smallest absolute Gasteiger partial charge is 0.337 e. The van der Waals surface area contributed by atoms with E-state index in [4.69, 9.17) is 4.74 Å². The Hall–Kier alpha value is -3.87. The molecule has 2 unspecified atom stereocenters. The maximum atomic E-state index is 11.8. The lowest BCUT2D eigenvalue weighted by Crippen LogP contribution is -2.19. The average Bonchev–Trinajstić information content (AvgIpc) is 2.79. The van der Waals surface area contributed by atoms with Gasteiger partial charge in [-0.25, -0.2) is 4.79 Å². The number of hydrogen-bond acceptors (Lipinski definition) is 6. The first-order valence-electron chi connectivity index (χ1n) is 9.80. The Bertz CT molecular complexity index is 1050. The molecule has 0 radical (unpaired) electrons. The number of esters is 1. The van der Waals surface area contributed by atoms with Crippen LogP contribution in [0.25, 0.3) is 0 Å². The molecule has 0 saturated heterocycles. The highest BCUT2D eigenvalue weighted by atomic mass is 16.6. The predicted molar refractivity (Wildman–Crippen MR) is 117 cm³/mol. The van der Waals surface area contributed by atoms with E-state index in [2.05, 4.69) is 10.2 Å². The summed E-state index contributed by atoms with van der Waals surface area (Å²) in [6.07, 6.45) is 0. The second kappa shape index (κ2) is 10.2. The van der Waals surface area contributed by atoms with Crippen molar-refractivity contribution in [3.05, 3.63) is 111 Å². The SMILES string of the molecule is COC(=O)c1ccc(C(/N=N/c2ccccc2)C(C[N+](=O)[O-])c2ccc(C)cc2)cc1. The molecule has 0 heterocycles. The second-order valence-corrected chi connectivity index (χ2v) is 7.14. The second-order valence-electron chi connectivity index (χ2n) is 7.14. The van der Waals surface area contributed by atoms with Crippen LogP contribution in [0, 0.1) is 17.0 Å². The van der Waals surface area contributed by atoms with Crippen molar-refractivity contribution in [3.8, 4) is 0 Å². The molecule has 7 nitrogen and oxygen atoms in total. The molecule has 0 amide bonds. The number of nitro groups is 1. The average molecular weight is 417 g/mol. The van der Waals surface area contributed by atoms with Crippen molar-refractivity contribution in [1.82, 2.24) is 0 Å². The normalized spacial score (nSPS) is 13.0. The molecule has 0 fully saturated rings. The molecule has 0 spiro atoms. The van der Waals surface area contributed by atoms with Gasteiger partial charge in [-0.2, -0.15) is 10.2 Å². The largest absolute Gasteiger partial charge is 0.465 e. The minimum atomic E-state index is -0.611. The van der Waals surface area contributed by atoms with Crippen LogP contribution < -0.4 is 0 Å². The van der Waals surface area contributed by atoms with Gasteiger partial charge in [-0.05, 0) is 42.3 Å². The lowest BCUT2D eigenvalue weighted by Gasteiger charge is -2.21. The number of aryl methyl sites for hydroxylation is 1. The van der Waals surface area contributed by atoms with Crippen LogP contribution in [0.15, 0.2) is 89.1 Å². The molecular weight excluding hydrogens is 394 g/mol. The van der Waals surface area contributed by atoms with Gasteiger partial charge in [-0.3, -0.25) is 10.1 Å². The summed E-state index contributed by atoms with van der Waals surface area (Å²) >= 11 is 0. The molecular formula is C24H23N3O4. The number of hydrogen-bond donors (Lipinski definition) is 0. The van der Waals surface area contributed by atoms with Gasteiger partial charge in [0, 0.05) is 4.92 Å². The Morgan fingerprint density at radius 2 is 1.58 bits per heavy atom. The molecule has 3 aromatic rings. The number of rotatable bonds is 8. The number of ether oxygens (including phenoxy) is 1. The fraction of sp³-hybridized carbons (Fsp3) is 0.208. The highest BCUT2D eigenvalue weighted by Crippen LogP contribution is 2.36. The third-order valence-electron chi connectivity index (χ3n) is 4.96. The number of nitrogens with zero attached hydrogens (tertiary/aromatic N) is 3. The van der Waals surface area contributed by atoms with Crippen molar-refractivity contribution in [2.24, 2.45) is 10.2 Å². The first-order chi connectivity index (χ1) is 15.0. The highest BCUT2D eigenvalue weighted by molar-refractivity contribution is 5.89. The number of carbonyl (C=O) groups is 1. The van der Waals surface area contributed by atoms with E-state index >= 15 is 0 Å². The Labute approximate surface area is 180 Å². The standard InChI is InChI=1S/C24H23N3O4/c1-17-8-10-18(11-9-17)22(16-27(29)30)23(26-25-21-6-4-3-5-7-21)19-12-14-20(15-13-19)24(28)31-2/h3-15,22-23H,16H2,1-2H3/b26-25+. The molecule has 0 aliphatic rings. The van der Waals surface area contributed by atoms with Crippen LogP contribution in [0.5, 0.6) is 0 Å². The maximum absolute atomic E-state index is 11.8. The van der Waals surface area contributed by atoms with Gasteiger partial charge in [0.1, 0.15) is 6.04 Å². The van der Waals surface area contributed by atoms with Gasteiger partial charge < -0.3 is 4.74 Å². The molecule has 3 aromatic carbocycles. The molecule has 0 saturated carbocycles. The van der Waals surface area contributed by atoms with Crippen molar-refractivity contribution in [3.63, 3.8) is 0 Å². The van der Waals surface area contributed by atoms with E-state index in [0.717, 1.165) is 16.7 Å². The van der Waals surface area contributed by atoms with Crippen molar-refractivity contribution >= 4 is 11.7 Å². The van der Waals surface area contributed by atoms with Gasteiger partial charge in [0.2, 0.25) is 6.54 Å². The summed E-state index contributed by atoms with van der Waals surface area (Å²) in [5.74, 6) is -0.985. The summed E-state index contributed by atoms with van der Waals surface area (Å²) < 4.78 is 4.75. The maximum Gasteiger partial charge on any atom is 0.337 e. The summed E-state index contributed by atoms with van der Waals surface area (Å²) in [6, 6.07) is 23.0. The van der Waals surface area contributed by atoms with E-state index in [9.17, 15) is 14.9 Å². The van der Waals surface area contributed by atoms with Gasteiger partial charge in [0.25, 0.3) is 0 Å². The van der Waals surface area contributed by atoms with Gasteiger partial charge in [-0.1, -0.05) is 60.2 Å². The van der Waals surface area contributed by atoms with Crippen molar-refractivity contribution in [2.75, 3.05) is 13.7 Å². The van der Waals surface area contributed by atoms with Crippen LogP contribution in [-0.2, 0) is 4.74 Å². The number of carbonyl (C=O) groups excluding carboxylic acids is 1. The lowest BCUT2D eigenvalue weighted by molar-refractivity contribution is -0.484. The number of azo groups is 1. The molecule has 0 aliphatic heterocycles. The van der Waals surface area contributed by atoms with E-state index in [1.807, 2.05) is 61.5 Å². The summed E-state index contributed by atoms with van der Waals surface area (Å²) in [5.41, 5.74) is 3.64. The molecule has 3 rings (SSSR count). The number of methoxy groups -OCH3 is 1. The minimum absolute atomic E-state index is 0.305. The zero-order chi connectivity index (χ0) is 22.2. The van der Waals surface area contributed by atoms with Crippen LogP contribution in [0.3, 0.4) is 0 Å². The Morgan fingerprint density at radius 3 is 2.16 bits per heavy atom. The Kier molecular flexibility index (Phi) is 7.22. The van der Waals surface area contributed by atoms with Crippen LogP contribution in [-0.4, -0.2) is 24.5 Å². The lowest BCUT2D eigenvalue weighted by atomic mass is 9.87. The summed E-state index contributed by atoms with van der Waals surface area (Å²) in [7, 11) is 1.32. The van der Waals surface area contributed by atoms with Crippen molar-refractivity contribution in [1.29, 1.82) is 0 Å². The molecule has 7 heteroatoms. The third kappa shape index (κ3) is 5.82. The van der Waals surface area contributed by atoms with E-state index in [1.54, 1.807) is 24.3 Å². The van der Waals surface area contributed by atoms with Crippen LogP contribution in [0.1, 0.15) is 39.0 Å². The Balaban J connectivity index is 2.05. The van der Waals surface area contributed by atoms with E-state index in [1.165, 1.54) is 7.11 Å². The zero-order valence-corrected chi connectivity index (χ0v) is 17.3. The minimum Gasteiger partial charge on any atom is -0.465 e. The van der Waals surface area contributed by atoms with Gasteiger partial charge in [0.05, 0.1) is 24.3 Å². The van der Waals surface area contributed by atoms with Crippen LogP contribution in [0.2, 0.25) is 0 Å². The van der Waals surface area contributed by atoms with Gasteiger partial charge in [0.15, 0.2) is 0 Å². The van der Waals surface area contributed by atoms with Crippen molar-refractivity contribution in [2.45, 2.75) is 18.9 Å². The van der Waals surface area contributed by atoms with E-state index < -0.39 is 17.9 Å². The van der Waals surface area contributed by atoms with Gasteiger partial charge >= 0.3 is 5.97 Å². The summed E-state index contributed by atoms with van der Waals surface area (Å²) in [4.78, 5) is 23.0. The molecule has 31 heavy (non-hydrogen) atoms. The van der Waals surface area contributed by atoms with Crippen molar-refractivity contribution < 1.29 is 14.5 Å². The Morgan fingerprint density at radius 1 is 0.968 bits per heavy atom. The molecule has 0 bridgehead atoms.